The van der Waals surface area contributed by atoms with Gasteiger partial charge in [-0.1, -0.05) is 54.6 Å². The molecule has 0 spiro atoms. The molecule has 0 aliphatic rings. The Kier molecular flexibility index (Phi) is 4.26. The molecule has 0 unspecified atom stereocenters. The lowest BCUT2D eigenvalue weighted by molar-refractivity contribution is 0.112. The summed E-state index contributed by atoms with van der Waals surface area (Å²) in [5.41, 5.74) is 3.13. The van der Waals surface area contributed by atoms with Gasteiger partial charge in [-0.3, -0.25) is 9.69 Å². The molecule has 0 amide bonds. The van der Waals surface area contributed by atoms with Crippen LogP contribution in [0.2, 0.25) is 0 Å². The summed E-state index contributed by atoms with van der Waals surface area (Å²) in [4.78, 5) is 13.2. The van der Waals surface area contributed by atoms with Gasteiger partial charge in [-0.15, -0.1) is 0 Å². The molecule has 0 atom stereocenters. The fourth-order valence-electron chi connectivity index (χ4n) is 2.03. The van der Waals surface area contributed by atoms with Gasteiger partial charge in [-0.2, -0.15) is 0 Å². The second kappa shape index (κ2) is 6.12. The van der Waals surface area contributed by atoms with E-state index in [9.17, 15) is 4.79 Å². The largest absolute Gasteiger partial charge is 0.298 e. The summed E-state index contributed by atoms with van der Waals surface area (Å²) in [6.07, 6.45) is 0.922. The Morgan fingerprint density at radius 1 is 0.944 bits per heavy atom. The van der Waals surface area contributed by atoms with Crippen molar-refractivity contribution in [2.75, 3.05) is 7.05 Å². The van der Waals surface area contributed by atoms with Gasteiger partial charge >= 0.3 is 0 Å². The van der Waals surface area contributed by atoms with Gasteiger partial charge in [0.05, 0.1) is 0 Å². The highest BCUT2D eigenvalue weighted by Gasteiger charge is 2.05. The van der Waals surface area contributed by atoms with E-state index in [2.05, 4.69) is 24.1 Å². The van der Waals surface area contributed by atoms with Gasteiger partial charge in [-0.05, 0) is 18.2 Å². The number of carbonyl (C=O) groups excluding carboxylic acids is 1. The molecule has 0 fully saturated rings. The van der Waals surface area contributed by atoms with Crippen LogP contribution >= 0.6 is 0 Å². The maximum absolute atomic E-state index is 10.9. The average Bonchev–Trinajstić information content (AvgIpc) is 2.40. The van der Waals surface area contributed by atoms with E-state index in [1.54, 1.807) is 0 Å². The third-order valence-electron chi connectivity index (χ3n) is 2.92. The predicted molar refractivity (Wildman–Crippen MR) is 73.4 cm³/mol. The number of hydrogen-bond acceptors (Lipinski definition) is 2. The molecule has 0 aliphatic heterocycles. The number of rotatable bonds is 5. The smallest absolute Gasteiger partial charge is 0.150 e. The van der Waals surface area contributed by atoms with E-state index < -0.39 is 0 Å². The molecule has 2 aromatic carbocycles. The first kappa shape index (κ1) is 12.5. The number of aldehydes is 1. The Morgan fingerprint density at radius 3 is 2.33 bits per heavy atom. The van der Waals surface area contributed by atoms with Crippen molar-refractivity contribution in [2.24, 2.45) is 0 Å². The van der Waals surface area contributed by atoms with Crippen LogP contribution in [0.3, 0.4) is 0 Å². The summed E-state index contributed by atoms with van der Waals surface area (Å²) >= 11 is 0. The van der Waals surface area contributed by atoms with E-state index in [1.807, 2.05) is 42.5 Å². The highest BCUT2D eigenvalue weighted by Crippen LogP contribution is 2.11. The van der Waals surface area contributed by atoms with E-state index in [-0.39, 0.29) is 0 Å². The fraction of sp³-hybridized carbons (Fsp3) is 0.188. The highest BCUT2D eigenvalue weighted by molar-refractivity contribution is 5.77. The van der Waals surface area contributed by atoms with Crippen LogP contribution in [0.25, 0.3) is 0 Å². The lowest BCUT2D eigenvalue weighted by Gasteiger charge is -2.17. The van der Waals surface area contributed by atoms with E-state index in [0.717, 1.165) is 30.5 Å². The predicted octanol–water partition coefficient (Wildman–Crippen LogP) is 3.13. The van der Waals surface area contributed by atoms with Gasteiger partial charge in [0.15, 0.2) is 0 Å². The summed E-state index contributed by atoms with van der Waals surface area (Å²) in [5, 5.41) is 0. The molecule has 0 aromatic heterocycles. The first-order valence-corrected chi connectivity index (χ1v) is 6.05. The zero-order valence-electron chi connectivity index (χ0n) is 10.5. The molecule has 0 heterocycles. The van der Waals surface area contributed by atoms with Gasteiger partial charge < -0.3 is 0 Å². The first-order valence-electron chi connectivity index (χ1n) is 6.05. The van der Waals surface area contributed by atoms with Crippen LogP contribution in [0.4, 0.5) is 0 Å². The van der Waals surface area contributed by atoms with Gasteiger partial charge in [-0.25, -0.2) is 0 Å². The monoisotopic (exact) mass is 239 g/mol. The van der Waals surface area contributed by atoms with Crippen LogP contribution in [0.5, 0.6) is 0 Å². The number of nitrogens with zero attached hydrogens (tertiary/aromatic N) is 1. The maximum Gasteiger partial charge on any atom is 0.150 e. The van der Waals surface area contributed by atoms with Gasteiger partial charge in [0.1, 0.15) is 6.29 Å². The van der Waals surface area contributed by atoms with Crippen molar-refractivity contribution in [3.63, 3.8) is 0 Å². The number of benzene rings is 2. The van der Waals surface area contributed by atoms with Crippen LogP contribution < -0.4 is 0 Å². The van der Waals surface area contributed by atoms with Crippen molar-refractivity contribution in [1.82, 2.24) is 4.90 Å². The Hall–Kier alpha value is -1.93. The van der Waals surface area contributed by atoms with Gasteiger partial charge in [0, 0.05) is 18.7 Å². The minimum absolute atomic E-state index is 0.775. The van der Waals surface area contributed by atoms with E-state index in [1.165, 1.54) is 5.56 Å². The van der Waals surface area contributed by atoms with Crippen LogP contribution in [0.15, 0.2) is 54.6 Å². The maximum atomic E-state index is 10.9. The zero-order valence-corrected chi connectivity index (χ0v) is 10.5. The molecular weight excluding hydrogens is 222 g/mol. The lowest BCUT2D eigenvalue weighted by Crippen LogP contribution is -2.18. The molecule has 2 aromatic rings. The van der Waals surface area contributed by atoms with Crippen molar-refractivity contribution in [3.8, 4) is 0 Å². The topological polar surface area (TPSA) is 20.3 Å². The highest BCUT2D eigenvalue weighted by atomic mass is 16.1. The number of carbonyl (C=O) groups is 1. The van der Waals surface area contributed by atoms with Gasteiger partial charge in [0.2, 0.25) is 0 Å². The second-order valence-electron chi connectivity index (χ2n) is 4.47. The van der Waals surface area contributed by atoms with Gasteiger partial charge in [0.25, 0.3) is 0 Å². The quantitative estimate of drug-likeness (QED) is 0.747. The normalized spacial score (nSPS) is 10.6. The average molecular weight is 239 g/mol. The van der Waals surface area contributed by atoms with Crippen molar-refractivity contribution < 1.29 is 4.79 Å². The van der Waals surface area contributed by atoms with Crippen LogP contribution in [-0.4, -0.2) is 18.2 Å². The summed E-state index contributed by atoms with van der Waals surface area (Å²) in [5.74, 6) is 0. The molecule has 92 valence electrons. The molecule has 0 N–H and O–H groups in total. The van der Waals surface area contributed by atoms with Crippen molar-refractivity contribution >= 4 is 6.29 Å². The van der Waals surface area contributed by atoms with Crippen LogP contribution in [-0.2, 0) is 13.1 Å². The summed E-state index contributed by atoms with van der Waals surface area (Å²) in [7, 11) is 2.06. The molecule has 0 bridgehead atoms. The van der Waals surface area contributed by atoms with Crippen LogP contribution in [0.1, 0.15) is 21.5 Å². The SMILES string of the molecule is CN(Cc1ccccc1)Cc1ccccc1C=O. The Morgan fingerprint density at radius 2 is 1.61 bits per heavy atom. The fourth-order valence-corrected chi connectivity index (χ4v) is 2.03. The summed E-state index contributed by atoms with van der Waals surface area (Å²) in [6, 6.07) is 18.1. The van der Waals surface area contributed by atoms with Crippen molar-refractivity contribution in [2.45, 2.75) is 13.1 Å². The third-order valence-corrected chi connectivity index (χ3v) is 2.92. The molecule has 2 nitrogen and oxygen atoms in total. The van der Waals surface area contributed by atoms with E-state index in [0.29, 0.717) is 0 Å². The van der Waals surface area contributed by atoms with Crippen molar-refractivity contribution in [1.29, 1.82) is 0 Å². The lowest BCUT2D eigenvalue weighted by atomic mass is 10.1. The molecule has 2 heteroatoms. The Labute approximate surface area is 108 Å². The second-order valence-corrected chi connectivity index (χ2v) is 4.47. The Balaban J connectivity index is 2.03. The summed E-state index contributed by atoms with van der Waals surface area (Å²) in [6.45, 7) is 1.66. The summed E-state index contributed by atoms with van der Waals surface area (Å²) < 4.78 is 0. The molecule has 18 heavy (non-hydrogen) atoms. The van der Waals surface area contributed by atoms with E-state index >= 15 is 0 Å². The molecular formula is C16H17NO. The number of hydrogen-bond donors (Lipinski definition) is 0. The zero-order chi connectivity index (χ0) is 12.8. The Bertz CT molecular complexity index is 508. The molecule has 0 saturated carbocycles. The van der Waals surface area contributed by atoms with Crippen molar-refractivity contribution in [3.05, 3.63) is 71.3 Å². The van der Waals surface area contributed by atoms with E-state index in [4.69, 9.17) is 0 Å². The van der Waals surface area contributed by atoms with Crippen LogP contribution in [0, 0.1) is 0 Å². The standard InChI is InChI=1S/C16H17NO/c1-17(11-14-7-3-2-4-8-14)12-15-9-5-6-10-16(15)13-18/h2-10,13H,11-12H2,1H3. The molecule has 0 radical (unpaired) electrons. The molecule has 2 rings (SSSR count). The first-order chi connectivity index (χ1) is 8.79. The minimum Gasteiger partial charge on any atom is -0.298 e. The third kappa shape index (κ3) is 3.28. The molecule has 0 saturated heterocycles. The minimum atomic E-state index is 0.775. The molecule has 0 aliphatic carbocycles.